The molecule has 2 aromatic carbocycles. The zero-order valence-corrected chi connectivity index (χ0v) is 11.9. The normalized spacial score (nSPS) is 17.1. The van der Waals surface area contributed by atoms with E-state index in [1.54, 1.807) is 54.6 Å². The maximum absolute atomic E-state index is 13.0. The summed E-state index contributed by atoms with van der Waals surface area (Å²) in [7, 11) is 0. The third-order valence-corrected chi connectivity index (χ3v) is 4.38. The zero-order chi connectivity index (χ0) is 15.9. The Morgan fingerprint density at radius 3 is 1.82 bits per heavy atom. The molecule has 1 N–H and O–H groups in total. The summed E-state index contributed by atoms with van der Waals surface area (Å²) in [5.41, 5.74) is -0.665. The molecule has 1 aliphatic carbocycles. The van der Waals surface area contributed by atoms with Gasteiger partial charge < -0.3 is 5.11 Å². The number of carboxylic acids is 1. The zero-order valence-electron chi connectivity index (χ0n) is 11.9. The fourth-order valence-electron chi connectivity index (χ4n) is 3.20. The van der Waals surface area contributed by atoms with Crippen molar-refractivity contribution in [3.63, 3.8) is 0 Å². The number of aliphatic carboxylic acids is 1. The minimum absolute atomic E-state index is 0.296. The summed E-state index contributed by atoms with van der Waals surface area (Å²) in [5, 5.41) is 9.48. The maximum atomic E-state index is 13.0. The van der Waals surface area contributed by atoms with Crippen molar-refractivity contribution in [1.29, 1.82) is 0 Å². The number of ketones is 2. The maximum Gasteiger partial charge on any atom is 0.308 e. The minimum atomic E-state index is -1.68. The van der Waals surface area contributed by atoms with Crippen molar-refractivity contribution in [2.75, 3.05) is 0 Å². The number of carboxylic acid groups (broad SMARTS) is 1. The van der Waals surface area contributed by atoms with E-state index in [9.17, 15) is 19.5 Å². The second kappa shape index (κ2) is 4.91. The van der Waals surface area contributed by atoms with Gasteiger partial charge in [-0.3, -0.25) is 14.4 Å². The molecule has 0 fully saturated rings. The van der Waals surface area contributed by atoms with Gasteiger partial charge in [0, 0.05) is 11.1 Å². The van der Waals surface area contributed by atoms with Gasteiger partial charge in [0.05, 0.1) is 5.92 Å². The molecule has 22 heavy (non-hydrogen) atoms. The third-order valence-electron chi connectivity index (χ3n) is 4.38. The highest BCUT2D eigenvalue weighted by Gasteiger charge is 2.59. The second-order valence-electron chi connectivity index (χ2n) is 5.44. The van der Waals surface area contributed by atoms with Crippen molar-refractivity contribution in [3.8, 4) is 0 Å². The van der Waals surface area contributed by atoms with Crippen molar-refractivity contribution in [2.45, 2.75) is 12.3 Å². The first kappa shape index (κ1) is 14.2. The van der Waals surface area contributed by atoms with Crippen molar-refractivity contribution in [1.82, 2.24) is 0 Å². The average molecular weight is 294 g/mol. The van der Waals surface area contributed by atoms with Crippen LogP contribution in [-0.2, 0) is 10.2 Å². The second-order valence-corrected chi connectivity index (χ2v) is 5.44. The Labute approximate surface area is 127 Å². The molecule has 2 aromatic rings. The molecule has 0 amide bonds. The van der Waals surface area contributed by atoms with E-state index in [1.807, 2.05) is 0 Å². The summed E-state index contributed by atoms with van der Waals surface area (Å²) < 4.78 is 0. The molecule has 4 nitrogen and oxygen atoms in total. The number of hydrogen-bond acceptors (Lipinski definition) is 3. The summed E-state index contributed by atoms with van der Waals surface area (Å²) in [4.78, 5) is 37.6. The molecule has 1 atom stereocenters. The Morgan fingerprint density at radius 1 is 0.909 bits per heavy atom. The summed E-state index contributed by atoms with van der Waals surface area (Å²) in [5.74, 6) is -3.19. The summed E-state index contributed by atoms with van der Waals surface area (Å²) >= 11 is 0. The summed E-state index contributed by atoms with van der Waals surface area (Å²) in [6, 6.07) is 15.0. The highest BCUT2D eigenvalue weighted by atomic mass is 16.4. The number of carbonyl (C=O) groups is 3. The number of fused-ring (bicyclic) bond motifs is 1. The molecule has 1 unspecified atom stereocenters. The van der Waals surface area contributed by atoms with Crippen LogP contribution in [0.15, 0.2) is 54.6 Å². The predicted molar refractivity (Wildman–Crippen MR) is 80.0 cm³/mol. The van der Waals surface area contributed by atoms with E-state index in [4.69, 9.17) is 0 Å². The monoisotopic (exact) mass is 294 g/mol. The van der Waals surface area contributed by atoms with E-state index >= 15 is 0 Å². The molecule has 0 heterocycles. The molecule has 0 bridgehead atoms. The van der Waals surface area contributed by atoms with E-state index in [1.165, 1.54) is 6.92 Å². The van der Waals surface area contributed by atoms with Crippen LogP contribution in [-0.4, -0.2) is 22.6 Å². The smallest absolute Gasteiger partial charge is 0.308 e. The SMILES string of the molecule is CC(C(=O)O)C1(c2ccccc2)C(=O)c2ccccc2C1=O. The quantitative estimate of drug-likeness (QED) is 0.883. The van der Waals surface area contributed by atoms with Gasteiger partial charge in [0.1, 0.15) is 5.41 Å². The van der Waals surface area contributed by atoms with Gasteiger partial charge in [0.25, 0.3) is 0 Å². The number of benzene rings is 2. The predicted octanol–water partition coefficient (Wildman–Crippen LogP) is 2.72. The van der Waals surface area contributed by atoms with Crippen LogP contribution in [0.4, 0.5) is 0 Å². The lowest BCUT2D eigenvalue weighted by atomic mass is 9.67. The Hall–Kier alpha value is -2.75. The lowest BCUT2D eigenvalue weighted by Gasteiger charge is -2.30. The molecular formula is C18H14O4. The van der Waals surface area contributed by atoms with Crippen LogP contribution in [0.25, 0.3) is 0 Å². The van der Waals surface area contributed by atoms with Crippen LogP contribution in [0, 0.1) is 5.92 Å². The van der Waals surface area contributed by atoms with Gasteiger partial charge in [-0.05, 0) is 5.56 Å². The molecule has 0 saturated heterocycles. The van der Waals surface area contributed by atoms with E-state index in [-0.39, 0.29) is 0 Å². The first-order chi connectivity index (χ1) is 10.5. The number of Topliss-reactive ketones (excluding diaryl/α,β-unsaturated/α-hetero) is 2. The molecular weight excluding hydrogens is 280 g/mol. The number of carbonyl (C=O) groups excluding carboxylic acids is 2. The largest absolute Gasteiger partial charge is 0.481 e. The molecule has 110 valence electrons. The van der Waals surface area contributed by atoms with Crippen LogP contribution >= 0.6 is 0 Å². The first-order valence-corrected chi connectivity index (χ1v) is 6.98. The lowest BCUT2D eigenvalue weighted by molar-refractivity contribution is -0.142. The Kier molecular flexibility index (Phi) is 3.17. The van der Waals surface area contributed by atoms with Gasteiger partial charge in [0.2, 0.25) is 0 Å². The van der Waals surface area contributed by atoms with Crippen LogP contribution < -0.4 is 0 Å². The van der Waals surface area contributed by atoms with E-state index in [0.717, 1.165) is 0 Å². The van der Waals surface area contributed by atoms with Crippen LogP contribution in [0.1, 0.15) is 33.2 Å². The van der Waals surface area contributed by atoms with Crippen molar-refractivity contribution in [2.24, 2.45) is 5.92 Å². The third kappa shape index (κ3) is 1.67. The molecule has 4 heteroatoms. The van der Waals surface area contributed by atoms with Crippen molar-refractivity contribution >= 4 is 17.5 Å². The van der Waals surface area contributed by atoms with Gasteiger partial charge in [-0.15, -0.1) is 0 Å². The van der Waals surface area contributed by atoms with Gasteiger partial charge in [-0.2, -0.15) is 0 Å². The van der Waals surface area contributed by atoms with E-state index in [0.29, 0.717) is 16.7 Å². The van der Waals surface area contributed by atoms with Crippen molar-refractivity contribution in [3.05, 3.63) is 71.3 Å². The number of rotatable bonds is 3. The van der Waals surface area contributed by atoms with Crippen LogP contribution in [0.2, 0.25) is 0 Å². The highest BCUT2D eigenvalue weighted by molar-refractivity contribution is 6.34. The topological polar surface area (TPSA) is 71.4 Å². The summed E-state index contributed by atoms with van der Waals surface area (Å²) in [6.07, 6.45) is 0. The standard InChI is InChI=1S/C18H14O4/c1-11(17(21)22)18(12-7-3-2-4-8-12)15(19)13-9-5-6-10-14(13)16(18)20/h2-11H,1H3,(H,21,22). The van der Waals surface area contributed by atoms with Gasteiger partial charge >= 0.3 is 5.97 Å². The number of hydrogen-bond donors (Lipinski definition) is 1. The Bertz CT molecular complexity index is 742. The molecule has 3 rings (SSSR count). The average Bonchev–Trinajstić information content (AvgIpc) is 2.77. The lowest BCUT2D eigenvalue weighted by Crippen LogP contribution is -2.47. The van der Waals surface area contributed by atoms with Gasteiger partial charge in [-0.1, -0.05) is 61.5 Å². The van der Waals surface area contributed by atoms with Crippen LogP contribution in [0.3, 0.4) is 0 Å². The molecule has 0 radical (unpaired) electrons. The Morgan fingerprint density at radius 2 is 1.36 bits per heavy atom. The van der Waals surface area contributed by atoms with E-state index in [2.05, 4.69) is 0 Å². The molecule has 1 aliphatic rings. The van der Waals surface area contributed by atoms with Crippen molar-refractivity contribution < 1.29 is 19.5 Å². The fourth-order valence-corrected chi connectivity index (χ4v) is 3.20. The van der Waals surface area contributed by atoms with Gasteiger partial charge in [-0.25, -0.2) is 0 Å². The minimum Gasteiger partial charge on any atom is -0.481 e. The fraction of sp³-hybridized carbons (Fsp3) is 0.167. The summed E-state index contributed by atoms with van der Waals surface area (Å²) in [6.45, 7) is 1.41. The van der Waals surface area contributed by atoms with E-state index < -0.39 is 28.9 Å². The first-order valence-electron chi connectivity index (χ1n) is 6.98. The van der Waals surface area contributed by atoms with Crippen LogP contribution in [0.5, 0.6) is 0 Å². The molecule has 0 aliphatic heterocycles. The highest BCUT2D eigenvalue weighted by Crippen LogP contribution is 2.45. The van der Waals surface area contributed by atoms with Gasteiger partial charge in [0.15, 0.2) is 11.6 Å². The molecule has 0 saturated carbocycles. The Balaban J connectivity index is 2.33. The molecule has 0 aromatic heterocycles. The molecule has 0 spiro atoms.